The van der Waals surface area contributed by atoms with E-state index in [0.717, 1.165) is 18.4 Å². The van der Waals surface area contributed by atoms with Gasteiger partial charge < -0.3 is 10.1 Å². The van der Waals surface area contributed by atoms with Crippen LogP contribution in [0, 0.1) is 0 Å². The summed E-state index contributed by atoms with van der Waals surface area (Å²) in [5.74, 6) is -2.78. The van der Waals surface area contributed by atoms with E-state index < -0.39 is 12.5 Å². The molecule has 0 bridgehead atoms. The Morgan fingerprint density at radius 2 is 1.94 bits per heavy atom. The van der Waals surface area contributed by atoms with Crippen LogP contribution in [0.1, 0.15) is 18.4 Å². The van der Waals surface area contributed by atoms with Gasteiger partial charge >= 0.3 is 0 Å². The first kappa shape index (κ1) is 12.5. The van der Waals surface area contributed by atoms with E-state index in [-0.39, 0.29) is 13.2 Å². The van der Waals surface area contributed by atoms with Crippen LogP contribution in [0.3, 0.4) is 0 Å². The van der Waals surface area contributed by atoms with Crippen molar-refractivity contribution in [1.29, 1.82) is 0 Å². The van der Waals surface area contributed by atoms with Gasteiger partial charge in [-0.05, 0) is 18.4 Å². The fourth-order valence-electron chi connectivity index (χ4n) is 1.52. The molecular weight excluding hydrogens is 224 g/mol. The Morgan fingerprint density at radius 3 is 2.59 bits per heavy atom. The van der Waals surface area contributed by atoms with E-state index in [0.29, 0.717) is 6.04 Å². The molecule has 0 atom stereocenters. The van der Waals surface area contributed by atoms with Crippen LogP contribution in [-0.2, 0) is 11.3 Å². The zero-order chi connectivity index (χ0) is 12.1. The predicted octanol–water partition coefficient (Wildman–Crippen LogP) is 2.59. The highest BCUT2D eigenvalue weighted by Gasteiger charge is 2.32. The second kappa shape index (κ2) is 5.56. The summed E-state index contributed by atoms with van der Waals surface area (Å²) in [6, 6.07) is 9.64. The van der Waals surface area contributed by atoms with Crippen LogP contribution < -0.4 is 5.32 Å². The van der Waals surface area contributed by atoms with E-state index in [4.69, 9.17) is 4.74 Å². The molecule has 0 aliphatic heterocycles. The Balaban J connectivity index is 1.65. The highest BCUT2D eigenvalue weighted by Crippen LogP contribution is 2.21. The monoisotopic (exact) mass is 241 g/mol. The Morgan fingerprint density at radius 1 is 1.24 bits per heavy atom. The first-order valence-electron chi connectivity index (χ1n) is 5.89. The minimum Gasteiger partial charge on any atom is -0.370 e. The summed E-state index contributed by atoms with van der Waals surface area (Å²) in [5, 5.41) is 2.82. The molecule has 0 amide bonds. The molecule has 1 aliphatic rings. The maximum absolute atomic E-state index is 13.3. The Hall–Kier alpha value is -1.00. The molecule has 0 spiro atoms. The summed E-state index contributed by atoms with van der Waals surface area (Å²) in [6.07, 6.45) is 2.03. The molecule has 2 rings (SSSR count). The number of hydrogen-bond acceptors (Lipinski definition) is 2. The van der Waals surface area contributed by atoms with Gasteiger partial charge in [-0.1, -0.05) is 30.3 Å². The molecule has 0 unspecified atom stereocenters. The zero-order valence-electron chi connectivity index (χ0n) is 9.66. The fraction of sp³-hybridized carbons (Fsp3) is 0.538. The highest BCUT2D eigenvalue weighted by molar-refractivity contribution is 5.13. The second-order valence-corrected chi connectivity index (χ2v) is 4.49. The number of benzene rings is 1. The summed E-state index contributed by atoms with van der Waals surface area (Å²) in [4.78, 5) is 0. The number of ether oxygens (including phenoxy) is 1. The van der Waals surface area contributed by atoms with Crippen LogP contribution in [0.25, 0.3) is 0 Å². The summed E-state index contributed by atoms with van der Waals surface area (Å²) in [7, 11) is 0. The molecule has 17 heavy (non-hydrogen) atoms. The first-order valence-corrected chi connectivity index (χ1v) is 5.89. The lowest BCUT2D eigenvalue weighted by molar-refractivity contribution is -0.0794. The Kier molecular flexibility index (Phi) is 4.07. The fourth-order valence-corrected chi connectivity index (χ4v) is 1.52. The number of halogens is 2. The average molecular weight is 241 g/mol. The third-order valence-electron chi connectivity index (χ3n) is 2.65. The van der Waals surface area contributed by atoms with E-state index >= 15 is 0 Å². The van der Waals surface area contributed by atoms with Gasteiger partial charge in [-0.3, -0.25) is 0 Å². The lowest BCUT2D eigenvalue weighted by Gasteiger charge is -2.17. The molecule has 0 saturated heterocycles. The molecule has 2 nitrogen and oxygen atoms in total. The molecule has 1 fully saturated rings. The summed E-state index contributed by atoms with van der Waals surface area (Å²) < 4.78 is 31.7. The van der Waals surface area contributed by atoms with Crippen LogP contribution in [0.2, 0.25) is 0 Å². The van der Waals surface area contributed by atoms with Crippen molar-refractivity contribution in [3.8, 4) is 0 Å². The topological polar surface area (TPSA) is 21.3 Å². The molecule has 1 N–H and O–H groups in total. The van der Waals surface area contributed by atoms with Gasteiger partial charge in [-0.25, -0.2) is 8.78 Å². The quantitative estimate of drug-likeness (QED) is 0.792. The second-order valence-electron chi connectivity index (χ2n) is 4.49. The Labute approximate surface area is 100.0 Å². The van der Waals surface area contributed by atoms with Crippen molar-refractivity contribution >= 4 is 0 Å². The maximum atomic E-state index is 13.3. The molecule has 1 aliphatic carbocycles. The number of alkyl halides is 2. The maximum Gasteiger partial charge on any atom is 0.283 e. The van der Waals surface area contributed by atoms with E-state index in [1.165, 1.54) is 0 Å². The lowest BCUT2D eigenvalue weighted by Crippen LogP contribution is -2.37. The van der Waals surface area contributed by atoms with Gasteiger partial charge in [0, 0.05) is 6.04 Å². The van der Waals surface area contributed by atoms with Crippen molar-refractivity contribution in [1.82, 2.24) is 5.32 Å². The number of nitrogens with one attached hydrogen (secondary N) is 1. The zero-order valence-corrected chi connectivity index (χ0v) is 9.66. The van der Waals surface area contributed by atoms with Crippen molar-refractivity contribution < 1.29 is 13.5 Å². The molecule has 4 heteroatoms. The lowest BCUT2D eigenvalue weighted by atomic mass is 10.2. The van der Waals surface area contributed by atoms with E-state index in [1.807, 2.05) is 30.3 Å². The standard InChI is InChI=1S/C13H17F2NO/c14-13(15,9-16-12-6-7-12)10-17-8-11-4-2-1-3-5-11/h1-5,12,16H,6-10H2. The van der Waals surface area contributed by atoms with Gasteiger partial charge in [-0.2, -0.15) is 0 Å². The van der Waals surface area contributed by atoms with Gasteiger partial charge in [-0.15, -0.1) is 0 Å². The van der Waals surface area contributed by atoms with Crippen molar-refractivity contribution in [2.45, 2.75) is 31.4 Å². The smallest absolute Gasteiger partial charge is 0.283 e. The normalized spacial score (nSPS) is 16.1. The van der Waals surface area contributed by atoms with Crippen LogP contribution in [0.15, 0.2) is 30.3 Å². The SMILES string of the molecule is FC(F)(CNC1CC1)COCc1ccccc1. The minimum absolute atomic E-state index is 0.236. The van der Waals surface area contributed by atoms with Crippen LogP contribution in [-0.4, -0.2) is 25.1 Å². The van der Waals surface area contributed by atoms with Crippen LogP contribution in [0.4, 0.5) is 8.78 Å². The largest absolute Gasteiger partial charge is 0.370 e. The summed E-state index contributed by atoms with van der Waals surface area (Å²) in [5.41, 5.74) is 0.915. The molecule has 94 valence electrons. The predicted molar refractivity (Wildman–Crippen MR) is 62.1 cm³/mol. The molecule has 0 radical (unpaired) electrons. The van der Waals surface area contributed by atoms with Crippen molar-refractivity contribution in [2.75, 3.05) is 13.2 Å². The molecule has 0 heterocycles. The van der Waals surface area contributed by atoms with Gasteiger partial charge in [0.2, 0.25) is 0 Å². The summed E-state index contributed by atoms with van der Waals surface area (Å²) in [6.45, 7) is -0.575. The van der Waals surface area contributed by atoms with E-state index in [2.05, 4.69) is 5.32 Å². The van der Waals surface area contributed by atoms with E-state index in [1.54, 1.807) is 0 Å². The van der Waals surface area contributed by atoms with Crippen molar-refractivity contribution in [3.63, 3.8) is 0 Å². The molecule has 0 aromatic heterocycles. The van der Waals surface area contributed by atoms with Gasteiger partial charge in [0.05, 0.1) is 13.2 Å². The first-order chi connectivity index (χ1) is 8.16. The molecule has 1 saturated carbocycles. The highest BCUT2D eigenvalue weighted by atomic mass is 19.3. The third kappa shape index (κ3) is 4.79. The van der Waals surface area contributed by atoms with Crippen LogP contribution >= 0.6 is 0 Å². The average Bonchev–Trinajstić information content (AvgIpc) is 3.12. The van der Waals surface area contributed by atoms with Gasteiger partial charge in [0.15, 0.2) is 0 Å². The third-order valence-corrected chi connectivity index (χ3v) is 2.65. The number of hydrogen-bond donors (Lipinski definition) is 1. The van der Waals surface area contributed by atoms with Crippen molar-refractivity contribution in [3.05, 3.63) is 35.9 Å². The molecule has 1 aromatic rings. The van der Waals surface area contributed by atoms with Gasteiger partial charge in [0.25, 0.3) is 5.92 Å². The minimum atomic E-state index is -2.78. The van der Waals surface area contributed by atoms with Crippen LogP contribution in [0.5, 0.6) is 0 Å². The van der Waals surface area contributed by atoms with Gasteiger partial charge in [0.1, 0.15) is 6.61 Å². The van der Waals surface area contributed by atoms with Crippen molar-refractivity contribution in [2.24, 2.45) is 0 Å². The summed E-state index contributed by atoms with van der Waals surface area (Å²) >= 11 is 0. The molecular formula is C13H17F2NO. The van der Waals surface area contributed by atoms with E-state index in [9.17, 15) is 8.78 Å². The number of rotatable bonds is 7. The Bertz CT molecular complexity index is 339. The molecule has 1 aromatic carbocycles.